The van der Waals surface area contributed by atoms with Crippen LogP contribution < -0.4 is 10.6 Å². The van der Waals surface area contributed by atoms with Gasteiger partial charge >= 0.3 is 6.18 Å². The highest BCUT2D eigenvalue weighted by atomic mass is 35.5. The number of anilines is 2. The summed E-state index contributed by atoms with van der Waals surface area (Å²) in [5.41, 5.74) is 10.8. The number of allylic oxidation sites excluding steroid dienone is 2. The quantitative estimate of drug-likeness (QED) is 0.369. The van der Waals surface area contributed by atoms with Gasteiger partial charge in [0, 0.05) is 29.5 Å². The molecule has 1 aliphatic heterocycles. The fraction of sp³-hybridized carbons (Fsp3) is 0.333. The van der Waals surface area contributed by atoms with Crippen LogP contribution in [-0.4, -0.2) is 59.4 Å². The van der Waals surface area contributed by atoms with E-state index in [1.165, 1.54) is 11.1 Å². The summed E-state index contributed by atoms with van der Waals surface area (Å²) < 4.78 is 47.2. The van der Waals surface area contributed by atoms with Crippen LogP contribution in [0.3, 0.4) is 0 Å². The molecule has 10 heteroatoms. The van der Waals surface area contributed by atoms with Crippen LogP contribution in [0.15, 0.2) is 82.7 Å². The fourth-order valence-corrected chi connectivity index (χ4v) is 5.73. The molecule has 3 aromatic rings. The average molecular weight is 570 g/mol. The maximum absolute atomic E-state index is 13.9. The zero-order valence-electron chi connectivity index (χ0n) is 22.6. The number of nitrogens with two attached hydrogens (primary N) is 1. The topological polar surface area (TPSA) is 67.5 Å². The first-order chi connectivity index (χ1) is 19.0. The van der Waals surface area contributed by atoms with E-state index in [1.807, 2.05) is 45.0 Å². The number of ether oxygens (including phenoxy) is 1. The molecule has 2 heterocycles. The van der Waals surface area contributed by atoms with Gasteiger partial charge in [-0.15, -0.1) is 0 Å². The van der Waals surface area contributed by atoms with E-state index >= 15 is 0 Å². The molecule has 0 radical (unpaired) electrons. The van der Waals surface area contributed by atoms with Gasteiger partial charge in [0.1, 0.15) is 12.4 Å². The molecule has 5 rings (SSSR count). The summed E-state index contributed by atoms with van der Waals surface area (Å²) in [6, 6.07) is 12.6. The van der Waals surface area contributed by atoms with Crippen molar-refractivity contribution in [1.29, 1.82) is 0 Å². The highest BCUT2D eigenvalue weighted by Crippen LogP contribution is 2.43. The number of halogens is 4. The third-order valence-electron chi connectivity index (χ3n) is 7.46. The summed E-state index contributed by atoms with van der Waals surface area (Å²) in [5, 5.41) is 0.477. The van der Waals surface area contributed by atoms with Gasteiger partial charge in [0.25, 0.3) is 0 Å². The summed E-state index contributed by atoms with van der Waals surface area (Å²) in [5.74, 6) is 0.335. The van der Waals surface area contributed by atoms with Crippen molar-refractivity contribution in [3.63, 3.8) is 0 Å². The zero-order chi connectivity index (χ0) is 28.7. The Morgan fingerprint density at radius 1 is 1.05 bits per heavy atom. The van der Waals surface area contributed by atoms with E-state index in [4.69, 9.17) is 22.1 Å². The molecule has 2 aliphatic rings. The smallest absolute Gasteiger partial charge is 0.382 e. The SMILES string of the molecule is CC(C)=C1C=C(N(CC(F)(F)F)c2ccc(-c3ccc4nc(N)cnc4c3)cc2)C=C(Cl)C1(C)N1CCOCC1. The van der Waals surface area contributed by atoms with Crippen molar-refractivity contribution in [2.75, 3.05) is 43.5 Å². The minimum absolute atomic E-state index is 0.335. The Kier molecular flexibility index (Phi) is 7.65. The number of hydrogen-bond donors (Lipinski definition) is 1. The molecule has 2 aromatic carbocycles. The molecule has 0 amide bonds. The van der Waals surface area contributed by atoms with Crippen molar-refractivity contribution >= 4 is 34.1 Å². The Morgan fingerprint density at radius 2 is 1.73 bits per heavy atom. The van der Waals surface area contributed by atoms with E-state index in [-0.39, 0.29) is 0 Å². The van der Waals surface area contributed by atoms with Crippen molar-refractivity contribution in [3.8, 4) is 11.1 Å². The Hall–Kier alpha value is -3.40. The molecular weight excluding hydrogens is 539 g/mol. The molecule has 40 heavy (non-hydrogen) atoms. The lowest BCUT2D eigenvalue weighted by molar-refractivity contribution is -0.118. The second kappa shape index (κ2) is 10.9. The van der Waals surface area contributed by atoms with E-state index in [1.54, 1.807) is 30.3 Å². The molecule has 1 aromatic heterocycles. The maximum atomic E-state index is 13.9. The Morgan fingerprint density at radius 3 is 2.38 bits per heavy atom. The summed E-state index contributed by atoms with van der Waals surface area (Å²) >= 11 is 6.93. The third-order valence-corrected chi connectivity index (χ3v) is 7.94. The fourth-order valence-electron chi connectivity index (χ4n) is 5.40. The van der Waals surface area contributed by atoms with Gasteiger partial charge in [-0.25, -0.2) is 4.98 Å². The maximum Gasteiger partial charge on any atom is 0.406 e. The number of aromatic nitrogens is 2. The summed E-state index contributed by atoms with van der Waals surface area (Å²) in [6.45, 7) is 7.32. The second-order valence-corrected chi connectivity index (χ2v) is 10.8. The lowest BCUT2D eigenvalue weighted by atomic mass is 9.81. The second-order valence-electron chi connectivity index (χ2n) is 10.4. The van der Waals surface area contributed by atoms with E-state index in [9.17, 15) is 13.2 Å². The monoisotopic (exact) mass is 569 g/mol. The minimum atomic E-state index is -4.44. The van der Waals surface area contributed by atoms with Gasteiger partial charge in [0.15, 0.2) is 0 Å². The first kappa shape index (κ1) is 28.1. The van der Waals surface area contributed by atoms with Gasteiger partial charge in [-0.2, -0.15) is 13.2 Å². The summed E-state index contributed by atoms with van der Waals surface area (Å²) in [7, 11) is 0. The van der Waals surface area contributed by atoms with Crippen LogP contribution in [0.25, 0.3) is 22.2 Å². The molecule has 0 spiro atoms. The molecule has 0 bridgehead atoms. The van der Waals surface area contributed by atoms with Crippen LogP contribution in [0.1, 0.15) is 20.8 Å². The van der Waals surface area contributed by atoms with Gasteiger partial charge in [-0.05, 0) is 73.9 Å². The van der Waals surface area contributed by atoms with E-state index < -0.39 is 18.3 Å². The number of nitrogen functional groups attached to an aromatic ring is 1. The van der Waals surface area contributed by atoms with Crippen molar-refractivity contribution in [2.45, 2.75) is 32.5 Å². The van der Waals surface area contributed by atoms with Crippen LogP contribution in [0.5, 0.6) is 0 Å². The van der Waals surface area contributed by atoms with E-state index in [0.717, 1.165) is 22.3 Å². The van der Waals surface area contributed by atoms with Gasteiger partial charge in [-0.1, -0.05) is 35.4 Å². The molecule has 1 atom stereocenters. The molecule has 6 nitrogen and oxygen atoms in total. The number of morpholine rings is 1. The van der Waals surface area contributed by atoms with E-state index in [2.05, 4.69) is 14.9 Å². The number of hydrogen-bond acceptors (Lipinski definition) is 6. The molecule has 1 unspecified atom stereocenters. The molecule has 0 saturated carbocycles. The third kappa shape index (κ3) is 5.59. The van der Waals surface area contributed by atoms with Crippen LogP contribution in [0.4, 0.5) is 24.7 Å². The van der Waals surface area contributed by atoms with E-state index in [0.29, 0.717) is 59.6 Å². The largest absolute Gasteiger partial charge is 0.406 e. The van der Waals surface area contributed by atoms with Crippen LogP contribution >= 0.6 is 11.6 Å². The first-order valence-corrected chi connectivity index (χ1v) is 13.4. The van der Waals surface area contributed by atoms with Gasteiger partial charge in [-0.3, -0.25) is 9.88 Å². The predicted molar refractivity (Wildman–Crippen MR) is 154 cm³/mol. The standard InChI is InChI=1S/C30H31ClF3N5O/c1-19(2)24-15-23(16-27(31)29(24,3)38-10-12-40-13-11-38)39(18-30(32,33)34)22-7-4-20(5-8-22)21-6-9-25-26(14-21)36-17-28(35)37-25/h4-9,14-17H,10-13,18H2,1-3H3,(H2,35,37). The average Bonchev–Trinajstić information content (AvgIpc) is 2.93. The zero-order valence-corrected chi connectivity index (χ0v) is 23.4. The van der Waals surface area contributed by atoms with Crippen LogP contribution in [-0.2, 0) is 4.74 Å². The number of benzene rings is 2. The summed E-state index contributed by atoms with van der Waals surface area (Å²) in [4.78, 5) is 12.1. The Bertz CT molecular complexity index is 1510. The molecule has 1 saturated heterocycles. The number of fused-ring (bicyclic) bond motifs is 1. The van der Waals surface area contributed by atoms with Crippen LogP contribution in [0.2, 0.25) is 0 Å². The lowest BCUT2D eigenvalue weighted by Gasteiger charge is -2.47. The number of nitrogens with zero attached hydrogens (tertiary/aromatic N) is 4. The number of alkyl halides is 3. The first-order valence-electron chi connectivity index (χ1n) is 13.0. The minimum Gasteiger partial charge on any atom is -0.382 e. The van der Waals surface area contributed by atoms with Crippen molar-refractivity contribution in [1.82, 2.24) is 14.9 Å². The van der Waals surface area contributed by atoms with Gasteiger partial charge < -0.3 is 15.4 Å². The van der Waals surface area contributed by atoms with Crippen molar-refractivity contribution in [2.24, 2.45) is 0 Å². The van der Waals surface area contributed by atoms with Crippen molar-refractivity contribution in [3.05, 3.63) is 82.7 Å². The number of rotatable bonds is 5. The highest BCUT2D eigenvalue weighted by molar-refractivity contribution is 6.31. The van der Waals surface area contributed by atoms with Crippen molar-refractivity contribution < 1.29 is 17.9 Å². The molecular formula is C30H31ClF3N5O. The van der Waals surface area contributed by atoms with Crippen LogP contribution in [0, 0.1) is 0 Å². The Balaban J connectivity index is 1.51. The summed E-state index contributed by atoms with van der Waals surface area (Å²) in [6.07, 6.45) is 0.557. The lowest BCUT2D eigenvalue weighted by Crippen LogP contribution is -2.54. The molecule has 2 N–H and O–H groups in total. The van der Waals surface area contributed by atoms with Gasteiger partial charge in [0.05, 0.1) is 36.0 Å². The highest BCUT2D eigenvalue weighted by Gasteiger charge is 2.42. The Labute approximate surface area is 236 Å². The predicted octanol–water partition coefficient (Wildman–Crippen LogP) is 6.70. The normalized spacial score (nSPS) is 20.3. The van der Waals surface area contributed by atoms with Gasteiger partial charge in [0.2, 0.25) is 0 Å². The molecule has 210 valence electrons. The molecule has 1 aliphatic carbocycles. The molecule has 1 fully saturated rings.